The first-order chi connectivity index (χ1) is 19.1. The van der Waals surface area contributed by atoms with Gasteiger partial charge in [-0.05, 0) is 54.1 Å². The molecular weight excluding hydrogens is 568 g/mol. The first-order valence-corrected chi connectivity index (χ1v) is 13.3. The highest BCUT2D eigenvalue weighted by Crippen LogP contribution is 2.33. The maximum Gasteiger partial charge on any atom is 0.416 e. The summed E-state index contributed by atoms with van der Waals surface area (Å²) in [7, 11) is 1.54. The minimum absolute atomic E-state index is 0.185. The van der Waals surface area contributed by atoms with E-state index in [9.17, 15) is 18.0 Å². The molecule has 0 radical (unpaired) electrons. The third-order valence-electron chi connectivity index (χ3n) is 6.46. The van der Waals surface area contributed by atoms with Crippen LogP contribution in [0.25, 0.3) is 0 Å². The molecule has 214 valence electrons. The normalized spacial score (nSPS) is 14.1. The summed E-state index contributed by atoms with van der Waals surface area (Å²) in [5.41, 5.74) is 1.18. The molecule has 1 aliphatic heterocycles. The number of amides is 2. The number of methoxy groups -OCH3 is 1. The summed E-state index contributed by atoms with van der Waals surface area (Å²) in [5, 5.41) is 6.31. The summed E-state index contributed by atoms with van der Waals surface area (Å²) < 4.78 is 49.5. The van der Waals surface area contributed by atoms with Crippen molar-refractivity contribution in [1.82, 2.24) is 10.2 Å². The molecule has 0 spiro atoms. The fourth-order valence-electron chi connectivity index (χ4n) is 4.28. The summed E-state index contributed by atoms with van der Waals surface area (Å²) in [5.74, 6) is 1.12. The maximum atomic E-state index is 12.7. The second-order valence-corrected chi connectivity index (χ2v) is 9.90. The lowest BCUT2D eigenvalue weighted by atomic mass is 10.2. The number of benzene rings is 3. The van der Waals surface area contributed by atoms with E-state index in [4.69, 9.17) is 32.7 Å². The van der Waals surface area contributed by atoms with Crippen LogP contribution in [0.4, 0.5) is 29.3 Å². The highest BCUT2D eigenvalue weighted by Gasteiger charge is 2.30. The minimum atomic E-state index is -4.43. The number of nitrogens with zero attached hydrogens (tertiary/aromatic N) is 2. The van der Waals surface area contributed by atoms with Crippen molar-refractivity contribution in [3.05, 3.63) is 81.8 Å². The summed E-state index contributed by atoms with van der Waals surface area (Å²) in [4.78, 5) is 16.7. The summed E-state index contributed by atoms with van der Waals surface area (Å²) in [6.07, 6.45) is -4.43. The van der Waals surface area contributed by atoms with Gasteiger partial charge in [-0.2, -0.15) is 13.2 Å². The molecule has 3 aromatic carbocycles. The van der Waals surface area contributed by atoms with Crippen LogP contribution in [0.2, 0.25) is 10.0 Å². The van der Waals surface area contributed by atoms with E-state index in [1.807, 2.05) is 18.2 Å². The van der Waals surface area contributed by atoms with Gasteiger partial charge in [0, 0.05) is 45.0 Å². The first-order valence-electron chi connectivity index (χ1n) is 12.6. The van der Waals surface area contributed by atoms with E-state index in [2.05, 4.69) is 20.4 Å². The van der Waals surface area contributed by atoms with E-state index in [-0.39, 0.29) is 12.2 Å². The third kappa shape index (κ3) is 7.87. The Morgan fingerprint density at radius 2 is 1.70 bits per heavy atom. The van der Waals surface area contributed by atoms with Crippen LogP contribution in [-0.2, 0) is 12.7 Å². The lowest BCUT2D eigenvalue weighted by Gasteiger charge is -2.36. The van der Waals surface area contributed by atoms with Crippen LogP contribution in [0.15, 0.2) is 60.7 Å². The molecule has 0 bridgehead atoms. The van der Waals surface area contributed by atoms with Crippen LogP contribution >= 0.6 is 23.2 Å². The fourth-order valence-corrected chi connectivity index (χ4v) is 4.69. The van der Waals surface area contributed by atoms with Crippen molar-refractivity contribution < 1.29 is 27.4 Å². The summed E-state index contributed by atoms with van der Waals surface area (Å²) in [6.45, 7) is 4.79. The van der Waals surface area contributed by atoms with Gasteiger partial charge in [0.25, 0.3) is 0 Å². The average Bonchev–Trinajstić information content (AvgIpc) is 2.94. The van der Waals surface area contributed by atoms with Gasteiger partial charge in [-0.3, -0.25) is 4.90 Å². The molecule has 0 unspecified atom stereocenters. The van der Waals surface area contributed by atoms with Crippen molar-refractivity contribution in [3.63, 3.8) is 0 Å². The van der Waals surface area contributed by atoms with Crippen LogP contribution < -0.4 is 25.0 Å². The first kappa shape index (κ1) is 29.6. The molecule has 2 amide bonds. The molecule has 40 heavy (non-hydrogen) atoms. The summed E-state index contributed by atoms with van der Waals surface area (Å²) in [6, 6.07) is 14.7. The fraction of sp³-hybridized carbons (Fsp3) is 0.321. The molecule has 12 heteroatoms. The van der Waals surface area contributed by atoms with Gasteiger partial charge in [-0.1, -0.05) is 35.3 Å². The molecule has 1 saturated heterocycles. The lowest BCUT2D eigenvalue weighted by Crippen LogP contribution is -2.47. The maximum absolute atomic E-state index is 12.7. The Morgan fingerprint density at radius 1 is 0.975 bits per heavy atom. The van der Waals surface area contributed by atoms with Gasteiger partial charge in [-0.15, -0.1) is 0 Å². The Hall–Kier alpha value is -3.34. The van der Waals surface area contributed by atoms with Crippen LogP contribution in [0, 0.1) is 0 Å². The topological polar surface area (TPSA) is 66.1 Å². The quantitative estimate of drug-likeness (QED) is 0.293. The molecule has 1 heterocycles. The van der Waals surface area contributed by atoms with Gasteiger partial charge < -0.3 is 25.0 Å². The molecule has 2 N–H and O–H groups in total. The Kier molecular flexibility index (Phi) is 9.89. The van der Waals surface area contributed by atoms with Gasteiger partial charge in [0.1, 0.15) is 6.61 Å². The number of carbonyl (C=O) groups excluding carboxylic acids is 1. The van der Waals surface area contributed by atoms with E-state index in [0.717, 1.165) is 56.1 Å². The molecular formula is C28H29Cl2F3N4O3. The number of rotatable bonds is 9. The molecule has 4 rings (SSSR count). The molecule has 0 aromatic heterocycles. The lowest BCUT2D eigenvalue weighted by molar-refractivity contribution is -0.137. The second kappa shape index (κ2) is 13.3. The van der Waals surface area contributed by atoms with Crippen LogP contribution in [0.3, 0.4) is 0 Å². The monoisotopic (exact) mass is 596 g/mol. The molecule has 0 saturated carbocycles. The van der Waals surface area contributed by atoms with Crippen molar-refractivity contribution in [2.24, 2.45) is 0 Å². The van der Waals surface area contributed by atoms with Gasteiger partial charge in [0.05, 0.1) is 28.4 Å². The van der Waals surface area contributed by atoms with Crippen molar-refractivity contribution >= 4 is 40.6 Å². The van der Waals surface area contributed by atoms with Crippen molar-refractivity contribution in [2.45, 2.75) is 12.7 Å². The number of urea groups is 1. The Bertz CT molecular complexity index is 1300. The van der Waals surface area contributed by atoms with E-state index in [1.165, 1.54) is 19.2 Å². The number of anilines is 2. The predicted octanol–water partition coefficient (Wildman–Crippen LogP) is 6.54. The van der Waals surface area contributed by atoms with Crippen molar-refractivity contribution in [2.75, 3.05) is 56.7 Å². The van der Waals surface area contributed by atoms with E-state index in [1.54, 1.807) is 18.2 Å². The van der Waals surface area contributed by atoms with Crippen LogP contribution in [0.1, 0.15) is 11.1 Å². The zero-order valence-corrected chi connectivity index (χ0v) is 23.2. The zero-order chi connectivity index (χ0) is 28.7. The average molecular weight is 597 g/mol. The van der Waals surface area contributed by atoms with Gasteiger partial charge in [0.2, 0.25) is 0 Å². The molecule has 7 nitrogen and oxygen atoms in total. The van der Waals surface area contributed by atoms with Gasteiger partial charge >= 0.3 is 12.2 Å². The Labute approximate surface area is 240 Å². The van der Waals surface area contributed by atoms with Crippen LogP contribution in [0.5, 0.6) is 11.5 Å². The van der Waals surface area contributed by atoms with Crippen molar-refractivity contribution in [1.29, 1.82) is 0 Å². The van der Waals surface area contributed by atoms with Crippen LogP contribution in [-0.4, -0.2) is 57.4 Å². The van der Waals surface area contributed by atoms with Gasteiger partial charge in [0.15, 0.2) is 11.5 Å². The molecule has 3 aromatic rings. The second-order valence-electron chi connectivity index (χ2n) is 9.12. The molecule has 0 aliphatic carbocycles. The number of carbonyl (C=O) groups is 1. The zero-order valence-electron chi connectivity index (χ0n) is 21.7. The van der Waals surface area contributed by atoms with E-state index < -0.39 is 17.8 Å². The molecule has 1 fully saturated rings. The Morgan fingerprint density at radius 3 is 2.38 bits per heavy atom. The number of hydrogen-bond donors (Lipinski definition) is 2. The number of halogens is 5. The Balaban J connectivity index is 1.21. The number of ether oxygens (including phenoxy) is 2. The number of nitrogens with one attached hydrogen (secondary N) is 2. The number of alkyl halides is 3. The SMILES string of the molecule is COc1cc(CNC(=O)Nc2ccc(C(F)(F)F)cc2)ccc1OCCN1CCN(c2cccc(Cl)c2Cl)CC1. The molecule has 0 atom stereocenters. The van der Waals surface area contributed by atoms with E-state index >= 15 is 0 Å². The van der Waals surface area contributed by atoms with E-state index in [0.29, 0.717) is 28.2 Å². The highest BCUT2D eigenvalue weighted by atomic mass is 35.5. The largest absolute Gasteiger partial charge is 0.493 e. The summed E-state index contributed by atoms with van der Waals surface area (Å²) >= 11 is 12.5. The number of hydrogen-bond acceptors (Lipinski definition) is 5. The minimum Gasteiger partial charge on any atom is -0.493 e. The highest BCUT2D eigenvalue weighted by molar-refractivity contribution is 6.43. The van der Waals surface area contributed by atoms with Crippen molar-refractivity contribution in [3.8, 4) is 11.5 Å². The standard InChI is InChI=1S/C28H29Cl2F3N4O3/c1-39-25-17-19(18-34-27(38)35-21-8-6-20(7-9-21)28(31,32)33)5-10-24(25)40-16-15-36-11-13-37(14-12-36)23-4-2-3-22(29)26(23)30/h2-10,17H,11-16,18H2,1H3,(H2,34,35,38). The molecule has 1 aliphatic rings. The smallest absolute Gasteiger partial charge is 0.416 e. The van der Waals surface area contributed by atoms with Gasteiger partial charge in [-0.25, -0.2) is 4.79 Å². The number of piperazine rings is 1. The predicted molar refractivity (Wildman–Crippen MR) is 151 cm³/mol. The third-order valence-corrected chi connectivity index (χ3v) is 7.27.